The highest BCUT2D eigenvalue weighted by Crippen LogP contribution is 2.42. The lowest BCUT2D eigenvalue weighted by Crippen LogP contribution is -2.03. The molecule has 0 fully saturated rings. The fourth-order valence-electron chi connectivity index (χ4n) is 7.32. The molecule has 0 bridgehead atoms. The number of fused-ring (bicyclic) bond motifs is 6. The van der Waals surface area contributed by atoms with Crippen LogP contribution in [0.15, 0.2) is 158 Å². The number of para-hydroxylation sites is 4. The normalized spacial score (nSPS) is 11.3. The number of hydrogen-bond donors (Lipinski definition) is 0. The molecule has 0 saturated heterocycles. The van der Waals surface area contributed by atoms with E-state index in [1.54, 1.807) is 0 Å². The minimum Gasteiger partial charge on any atom is -0.309 e. The molecule has 0 spiro atoms. The summed E-state index contributed by atoms with van der Waals surface area (Å²) in [5, 5.41) is 25.6. The van der Waals surface area contributed by atoms with Gasteiger partial charge in [-0.3, -0.25) is 0 Å². The van der Waals surface area contributed by atoms with Crippen molar-refractivity contribution in [1.82, 2.24) is 9.13 Å². The van der Waals surface area contributed by atoms with Crippen LogP contribution in [0, 0.1) is 22.7 Å². The van der Waals surface area contributed by atoms with Crippen molar-refractivity contribution in [3.8, 4) is 45.8 Å². The van der Waals surface area contributed by atoms with Crippen molar-refractivity contribution in [1.29, 1.82) is 10.5 Å². The van der Waals surface area contributed by atoms with Gasteiger partial charge in [-0.1, -0.05) is 109 Å². The minimum atomic E-state index is 0.451. The van der Waals surface area contributed by atoms with Crippen LogP contribution in [0.5, 0.6) is 0 Å². The van der Waals surface area contributed by atoms with Gasteiger partial charge in [0.2, 0.25) is 0 Å². The standard InChI is InChI=1S/C44H26N4/c45-27-32-24-31(29-12-3-1-4-13-29)25-33(28-46)43(32)48-41-21-10-7-16-36(41)38-19-11-18-35(44(38)48)30-22-23-42-39(26-30)37-17-8-9-20-40(37)47(42)34-14-5-2-6-15-34/h1-26H. The summed E-state index contributed by atoms with van der Waals surface area (Å²) in [7, 11) is 0. The highest BCUT2D eigenvalue weighted by atomic mass is 15.0. The summed E-state index contributed by atoms with van der Waals surface area (Å²) in [4.78, 5) is 0. The van der Waals surface area contributed by atoms with E-state index in [0.717, 1.165) is 66.2 Å². The van der Waals surface area contributed by atoms with Crippen LogP contribution in [0.25, 0.3) is 77.2 Å². The van der Waals surface area contributed by atoms with Crippen LogP contribution in [0.2, 0.25) is 0 Å². The van der Waals surface area contributed by atoms with Crippen LogP contribution in [0.1, 0.15) is 11.1 Å². The molecule has 0 aliphatic rings. The van der Waals surface area contributed by atoms with Gasteiger partial charge < -0.3 is 9.13 Å². The molecule has 0 radical (unpaired) electrons. The Hall–Kier alpha value is -6.88. The van der Waals surface area contributed by atoms with Gasteiger partial charge in [-0.05, 0) is 65.2 Å². The van der Waals surface area contributed by atoms with Crippen LogP contribution in [-0.4, -0.2) is 9.13 Å². The van der Waals surface area contributed by atoms with E-state index < -0.39 is 0 Å². The van der Waals surface area contributed by atoms with Gasteiger partial charge in [-0.2, -0.15) is 10.5 Å². The fraction of sp³-hybridized carbons (Fsp3) is 0. The summed E-state index contributed by atoms with van der Waals surface area (Å²) in [5.74, 6) is 0. The number of nitrogens with zero attached hydrogens (tertiary/aromatic N) is 4. The highest BCUT2D eigenvalue weighted by molar-refractivity contribution is 6.16. The summed E-state index contributed by atoms with van der Waals surface area (Å²) in [6.45, 7) is 0. The van der Waals surface area contributed by atoms with Crippen molar-refractivity contribution < 1.29 is 0 Å². The molecule has 0 aliphatic heterocycles. The second kappa shape index (κ2) is 10.9. The predicted octanol–water partition coefficient (Wildman–Crippen LogP) is 11.0. The van der Waals surface area contributed by atoms with Gasteiger partial charge in [-0.25, -0.2) is 0 Å². The number of rotatable bonds is 4. The molecule has 0 aliphatic carbocycles. The quantitative estimate of drug-likeness (QED) is 0.199. The zero-order valence-corrected chi connectivity index (χ0v) is 25.8. The van der Waals surface area contributed by atoms with Crippen LogP contribution in [-0.2, 0) is 0 Å². The molecule has 222 valence electrons. The van der Waals surface area contributed by atoms with E-state index in [9.17, 15) is 10.5 Å². The van der Waals surface area contributed by atoms with Gasteiger partial charge >= 0.3 is 0 Å². The Bertz CT molecular complexity index is 2750. The molecule has 2 aromatic heterocycles. The highest BCUT2D eigenvalue weighted by Gasteiger charge is 2.22. The summed E-state index contributed by atoms with van der Waals surface area (Å²) >= 11 is 0. The van der Waals surface area contributed by atoms with Crippen LogP contribution < -0.4 is 0 Å². The zero-order chi connectivity index (χ0) is 32.2. The Morgan fingerprint density at radius 3 is 1.65 bits per heavy atom. The van der Waals surface area contributed by atoms with E-state index in [4.69, 9.17) is 0 Å². The molecular formula is C44H26N4. The second-order valence-corrected chi connectivity index (χ2v) is 12.0. The lowest BCUT2D eigenvalue weighted by atomic mass is 9.97. The molecule has 48 heavy (non-hydrogen) atoms. The SMILES string of the molecule is N#Cc1cc(-c2ccccc2)cc(C#N)c1-n1c2ccccc2c2cccc(-c3ccc4c(c3)c3ccccc3n4-c3ccccc3)c21. The molecule has 2 heterocycles. The van der Waals surface area contributed by atoms with Crippen LogP contribution >= 0.6 is 0 Å². The van der Waals surface area contributed by atoms with Crippen molar-refractivity contribution in [2.24, 2.45) is 0 Å². The van der Waals surface area contributed by atoms with Crippen molar-refractivity contribution >= 4 is 43.6 Å². The molecular weight excluding hydrogens is 585 g/mol. The maximum Gasteiger partial charge on any atom is 0.101 e. The Balaban J connectivity index is 1.36. The van der Waals surface area contributed by atoms with Crippen molar-refractivity contribution in [3.63, 3.8) is 0 Å². The molecule has 9 aromatic rings. The zero-order valence-electron chi connectivity index (χ0n) is 25.8. The van der Waals surface area contributed by atoms with Gasteiger partial charge in [0.05, 0.1) is 38.9 Å². The largest absolute Gasteiger partial charge is 0.309 e. The first kappa shape index (κ1) is 27.4. The van der Waals surface area contributed by atoms with Crippen molar-refractivity contribution in [3.05, 3.63) is 169 Å². The van der Waals surface area contributed by atoms with Crippen molar-refractivity contribution in [2.75, 3.05) is 0 Å². The molecule has 0 N–H and O–H groups in total. The van der Waals surface area contributed by atoms with E-state index >= 15 is 0 Å². The average Bonchev–Trinajstić information content (AvgIpc) is 3.67. The molecule has 0 saturated carbocycles. The first-order chi connectivity index (χ1) is 23.7. The summed E-state index contributed by atoms with van der Waals surface area (Å²) in [5.41, 5.74) is 10.7. The molecule has 7 aromatic carbocycles. The number of benzene rings is 7. The molecule has 0 amide bonds. The smallest absolute Gasteiger partial charge is 0.101 e. The second-order valence-electron chi connectivity index (χ2n) is 12.0. The van der Waals surface area contributed by atoms with Gasteiger partial charge in [0, 0.05) is 32.8 Å². The maximum absolute atomic E-state index is 10.6. The Kier molecular flexibility index (Phi) is 6.22. The minimum absolute atomic E-state index is 0.451. The first-order valence-corrected chi connectivity index (χ1v) is 15.9. The molecule has 0 atom stereocenters. The third-order valence-corrected chi connectivity index (χ3v) is 9.37. The summed E-state index contributed by atoms with van der Waals surface area (Å²) in [6.07, 6.45) is 0. The topological polar surface area (TPSA) is 57.4 Å². The Labute approximate surface area is 277 Å². The summed E-state index contributed by atoms with van der Waals surface area (Å²) < 4.78 is 4.45. The van der Waals surface area contributed by atoms with Crippen LogP contribution in [0.4, 0.5) is 0 Å². The average molecular weight is 611 g/mol. The molecule has 0 unspecified atom stereocenters. The van der Waals surface area contributed by atoms with E-state index in [-0.39, 0.29) is 0 Å². The molecule has 9 rings (SSSR count). The fourth-order valence-corrected chi connectivity index (χ4v) is 7.32. The third kappa shape index (κ3) is 4.07. The van der Waals surface area contributed by atoms with E-state index in [2.05, 4.69) is 118 Å². The van der Waals surface area contributed by atoms with E-state index in [1.807, 2.05) is 60.7 Å². The van der Waals surface area contributed by atoms with Gasteiger partial charge in [0.25, 0.3) is 0 Å². The third-order valence-electron chi connectivity index (χ3n) is 9.37. The van der Waals surface area contributed by atoms with Gasteiger partial charge in [0.1, 0.15) is 12.1 Å². The van der Waals surface area contributed by atoms with Crippen molar-refractivity contribution in [2.45, 2.75) is 0 Å². The Morgan fingerprint density at radius 1 is 0.396 bits per heavy atom. The lowest BCUT2D eigenvalue weighted by molar-refractivity contribution is 1.16. The molecule has 4 heteroatoms. The van der Waals surface area contributed by atoms with Crippen LogP contribution in [0.3, 0.4) is 0 Å². The number of nitriles is 2. The summed E-state index contributed by atoms with van der Waals surface area (Å²) in [6, 6.07) is 58.9. The predicted molar refractivity (Wildman–Crippen MR) is 195 cm³/mol. The van der Waals surface area contributed by atoms with E-state index in [1.165, 1.54) is 5.39 Å². The number of hydrogen-bond acceptors (Lipinski definition) is 2. The van der Waals surface area contributed by atoms with E-state index in [0.29, 0.717) is 16.8 Å². The first-order valence-electron chi connectivity index (χ1n) is 15.9. The lowest BCUT2D eigenvalue weighted by Gasteiger charge is -2.16. The molecule has 4 nitrogen and oxygen atoms in total. The Morgan fingerprint density at radius 2 is 0.958 bits per heavy atom. The van der Waals surface area contributed by atoms with Gasteiger partial charge in [0.15, 0.2) is 0 Å². The maximum atomic E-state index is 10.6. The van der Waals surface area contributed by atoms with Gasteiger partial charge in [-0.15, -0.1) is 0 Å². The monoisotopic (exact) mass is 610 g/mol. The number of aromatic nitrogens is 2.